The van der Waals surface area contributed by atoms with Crippen molar-refractivity contribution in [1.82, 2.24) is 15.5 Å². The predicted octanol–water partition coefficient (Wildman–Crippen LogP) is -1.97. The molecule has 2 unspecified atom stereocenters. The Bertz CT molecular complexity index is 218. The van der Waals surface area contributed by atoms with Gasteiger partial charge in [-0.1, -0.05) is 0 Å². The fraction of sp³-hybridized carbons (Fsp3) is 0.875. The molecule has 0 aromatic heterocycles. The SMILES string of the molecule is O=C1CC(O)NC(N2CCOCC2)N1. The van der Waals surface area contributed by atoms with E-state index in [-0.39, 0.29) is 18.6 Å². The molecule has 80 valence electrons. The number of hydrogen-bond acceptors (Lipinski definition) is 5. The zero-order valence-corrected chi connectivity index (χ0v) is 7.90. The number of rotatable bonds is 1. The van der Waals surface area contributed by atoms with E-state index in [1.165, 1.54) is 0 Å². The lowest BCUT2D eigenvalue weighted by Gasteiger charge is -2.38. The van der Waals surface area contributed by atoms with E-state index in [0.717, 1.165) is 13.1 Å². The van der Waals surface area contributed by atoms with Crippen molar-refractivity contribution in [2.24, 2.45) is 0 Å². The summed E-state index contributed by atoms with van der Waals surface area (Å²) < 4.78 is 5.20. The summed E-state index contributed by atoms with van der Waals surface area (Å²) in [6.07, 6.45) is -0.868. The van der Waals surface area contributed by atoms with Crippen molar-refractivity contribution in [3.05, 3.63) is 0 Å². The number of morpholine rings is 1. The van der Waals surface area contributed by atoms with Crippen LogP contribution < -0.4 is 10.6 Å². The molecule has 6 heteroatoms. The van der Waals surface area contributed by atoms with Gasteiger partial charge in [-0.15, -0.1) is 0 Å². The molecule has 2 saturated heterocycles. The summed E-state index contributed by atoms with van der Waals surface area (Å²) in [5.41, 5.74) is 0. The van der Waals surface area contributed by atoms with Crippen molar-refractivity contribution < 1.29 is 14.6 Å². The molecule has 14 heavy (non-hydrogen) atoms. The fourth-order valence-corrected chi connectivity index (χ4v) is 1.70. The van der Waals surface area contributed by atoms with Crippen LogP contribution >= 0.6 is 0 Å². The van der Waals surface area contributed by atoms with Crippen LogP contribution in [0.15, 0.2) is 0 Å². The molecule has 1 amide bonds. The first kappa shape index (κ1) is 9.85. The number of nitrogens with one attached hydrogen (secondary N) is 2. The van der Waals surface area contributed by atoms with Gasteiger partial charge < -0.3 is 15.2 Å². The van der Waals surface area contributed by atoms with E-state index in [0.29, 0.717) is 13.2 Å². The molecule has 2 aliphatic heterocycles. The van der Waals surface area contributed by atoms with Crippen LogP contribution in [0.3, 0.4) is 0 Å². The topological polar surface area (TPSA) is 73.8 Å². The van der Waals surface area contributed by atoms with Gasteiger partial charge in [0, 0.05) is 13.1 Å². The summed E-state index contributed by atoms with van der Waals surface area (Å²) in [4.78, 5) is 13.2. The first-order chi connectivity index (χ1) is 6.75. The van der Waals surface area contributed by atoms with E-state index in [1.54, 1.807) is 0 Å². The van der Waals surface area contributed by atoms with Crippen LogP contribution in [-0.2, 0) is 9.53 Å². The monoisotopic (exact) mass is 201 g/mol. The molecule has 2 atom stereocenters. The standard InChI is InChI=1S/C8H15N3O3/c12-6-5-7(13)10-8(9-6)11-1-3-14-4-2-11/h6,8-9,12H,1-5H2,(H,10,13). The van der Waals surface area contributed by atoms with Crippen LogP contribution in [0.1, 0.15) is 6.42 Å². The Kier molecular flexibility index (Phi) is 2.97. The van der Waals surface area contributed by atoms with Gasteiger partial charge in [0.1, 0.15) is 12.5 Å². The van der Waals surface area contributed by atoms with Crippen molar-refractivity contribution in [2.45, 2.75) is 18.9 Å². The summed E-state index contributed by atoms with van der Waals surface area (Å²) in [6.45, 7) is 2.88. The zero-order chi connectivity index (χ0) is 9.97. The van der Waals surface area contributed by atoms with Gasteiger partial charge in [0.25, 0.3) is 0 Å². The number of aliphatic hydroxyl groups excluding tert-OH is 1. The maximum absolute atomic E-state index is 11.2. The van der Waals surface area contributed by atoms with Gasteiger partial charge in [-0.3, -0.25) is 15.0 Å². The molecule has 3 N–H and O–H groups in total. The van der Waals surface area contributed by atoms with Gasteiger partial charge in [-0.05, 0) is 0 Å². The van der Waals surface area contributed by atoms with Crippen LogP contribution in [-0.4, -0.2) is 54.7 Å². The maximum atomic E-state index is 11.2. The van der Waals surface area contributed by atoms with Gasteiger partial charge >= 0.3 is 0 Å². The average Bonchev–Trinajstić information content (AvgIpc) is 2.18. The Balaban J connectivity index is 1.91. The highest BCUT2D eigenvalue weighted by Crippen LogP contribution is 2.05. The zero-order valence-electron chi connectivity index (χ0n) is 7.90. The van der Waals surface area contributed by atoms with Gasteiger partial charge in [-0.25, -0.2) is 0 Å². The molecule has 2 aliphatic rings. The lowest BCUT2D eigenvalue weighted by Crippen LogP contribution is -2.65. The maximum Gasteiger partial charge on any atom is 0.226 e. The van der Waals surface area contributed by atoms with Gasteiger partial charge in [0.05, 0.1) is 19.6 Å². The Morgan fingerprint density at radius 1 is 1.43 bits per heavy atom. The van der Waals surface area contributed by atoms with Crippen LogP contribution in [0, 0.1) is 0 Å². The number of hydrogen-bond donors (Lipinski definition) is 3. The van der Waals surface area contributed by atoms with E-state index in [4.69, 9.17) is 4.74 Å². The molecule has 0 aromatic rings. The number of carbonyl (C=O) groups is 1. The largest absolute Gasteiger partial charge is 0.379 e. The van der Waals surface area contributed by atoms with E-state index in [2.05, 4.69) is 10.6 Å². The van der Waals surface area contributed by atoms with Crippen molar-refractivity contribution in [2.75, 3.05) is 26.3 Å². The van der Waals surface area contributed by atoms with E-state index >= 15 is 0 Å². The normalized spacial score (nSPS) is 35.4. The van der Waals surface area contributed by atoms with Crippen molar-refractivity contribution in [3.63, 3.8) is 0 Å². The van der Waals surface area contributed by atoms with Crippen molar-refractivity contribution >= 4 is 5.91 Å². The van der Waals surface area contributed by atoms with Crippen molar-refractivity contribution in [3.8, 4) is 0 Å². The molecular formula is C8H15N3O3. The second kappa shape index (κ2) is 4.22. The molecule has 6 nitrogen and oxygen atoms in total. The quantitative estimate of drug-likeness (QED) is 0.459. The smallest absolute Gasteiger partial charge is 0.226 e. The van der Waals surface area contributed by atoms with Gasteiger partial charge in [0.15, 0.2) is 0 Å². The fourth-order valence-electron chi connectivity index (χ4n) is 1.70. The third kappa shape index (κ3) is 2.21. The molecule has 0 bridgehead atoms. The van der Waals surface area contributed by atoms with Gasteiger partial charge in [-0.2, -0.15) is 0 Å². The predicted molar refractivity (Wildman–Crippen MR) is 48.1 cm³/mol. The Hall–Kier alpha value is -0.690. The highest BCUT2D eigenvalue weighted by atomic mass is 16.5. The second-order valence-electron chi connectivity index (χ2n) is 3.50. The minimum absolute atomic E-state index is 0.118. The summed E-state index contributed by atoms with van der Waals surface area (Å²) in [6, 6.07) is 0. The van der Waals surface area contributed by atoms with Crippen LogP contribution in [0.25, 0.3) is 0 Å². The van der Waals surface area contributed by atoms with E-state index in [1.807, 2.05) is 4.90 Å². The molecule has 0 radical (unpaired) electrons. The van der Waals surface area contributed by atoms with Crippen LogP contribution in [0.5, 0.6) is 0 Å². The molecule has 0 spiro atoms. The summed E-state index contributed by atoms with van der Waals surface area (Å²) in [5, 5.41) is 15.0. The summed E-state index contributed by atoms with van der Waals surface area (Å²) >= 11 is 0. The highest BCUT2D eigenvalue weighted by Gasteiger charge is 2.29. The Morgan fingerprint density at radius 3 is 2.79 bits per heavy atom. The molecule has 0 aliphatic carbocycles. The third-order valence-electron chi connectivity index (χ3n) is 2.44. The van der Waals surface area contributed by atoms with Gasteiger partial charge in [0.2, 0.25) is 5.91 Å². The molecule has 0 aromatic carbocycles. The van der Waals surface area contributed by atoms with E-state index < -0.39 is 6.23 Å². The second-order valence-corrected chi connectivity index (χ2v) is 3.50. The molecule has 2 fully saturated rings. The first-order valence-electron chi connectivity index (χ1n) is 4.81. The number of aliphatic hydroxyl groups is 1. The number of carbonyl (C=O) groups excluding carboxylic acids is 1. The number of nitrogens with zero attached hydrogens (tertiary/aromatic N) is 1. The third-order valence-corrected chi connectivity index (χ3v) is 2.44. The highest BCUT2D eigenvalue weighted by molar-refractivity contribution is 5.77. The summed E-state index contributed by atoms with van der Waals surface area (Å²) in [7, 11) is 0. The number of ether oxygens (including phenoxy) is 1. The Labute approximate surface area is 82.2 Å². The minimum atomic E-state index is -0.739. The van der Waals surface area contributed by atoms with E-state index in [9.17, 15) is 9.90 Å². The van der Waals surface area contributed by atoms with Crippen LogP contribution in [0.2, 0.25) is 0 Å². The molecule has 2 heterocycles. The lowest BCUT2D eigenvalue weighted by molar-refractivity contribution is -0.133. The molecule has 0 saturated carbocycles. The first-order valence-corrected chi connectivity index (χ1v) is 4.81. The summed E-state index contributed by atoms with van der Waals surface area (Å²) in [5.74, 6) is -0.118. The molecular weight excluding hydrogens is 186 g/mol. The van der Waals surface area contributed by atoms with Crippen molar-refractivity contribution in [1.29, 1.82) is 0 Å². The number of amides is 1. The van der Waals surface area contributed by atoms with Crippen LogP contribution in [0.4, 0.5) is 0 Å². The minimum Gasteiger partial charge on any atom is -0.379 e. The molecule has 2 rings (SSSR count). The Morgan fingerprint density at radius 2 is 2.14 bits per heavy atom. The lowest BCUT2D eigenvalue weighted by atomic mass is 10.3. The average molecular weight is 201 g/mol.